The first-order valence-corrected chi connectivity index (χ1v) is 7.56. The average Bonchev–Trinajstić information content (AvgIpc) is 3.08. The van der Waals surface area contributed by atoms with E-state index in [1.807, 2.05) is 5.38 Å². The Kier molecular flexibility index (Phi) is 4.70. The Labute approximate surface area is 123 Å². The van der Waals surface area contributed by atoms with E-state index in [2.05, 4.69) is 15.6 Å². The Hall–Kier alpha value is -1.93. The first-order chi connectivity index (χ1) is 9.58. The van der Waals surface area contributed by atoms with Gasteiger partial charge < -0.3 is 15.7 Å². The highest BCUT2D eigenvalue weighted by Gasteiger charge is 2.23. The standard InChI is InChI=1S/C12H13N3O3S2/c1-7(10-13-4-6-20-10)14-12(18)15-9(11(16)17)8-3-2-5-19-8/h2-7,9H,1H3,(H,16,17)(H2,14,15,18). The van der Waals surface area contributed by atoms with Crippen LogP contribution in [0.4, 0.5) is 4.79 Å². The minimum atomic E-state index is -1.09. The molecule has 0 aromatic carbocycles. The Bertz CT molecular complexity index is 569. The zero-order chi connectivity index (χ0) is 14.5. The number of thiophene rings is 1. The second kappa shape index (κ2) is 6.49. The SMILES string of the molecule is CC(NC(=O)NC(C(=O)O)c1cccs1)c1nccs1. The topological polar surface area (TPSA) is 91.3 Å². The number of hydrogen-bond donors (Lipinski definition) is 3. The molecule has 2 aromatic heterocycles. The third-order valence-corrected chi connectivity index (χ3v) is 4.41. The van der Waals surface area contributed by atoms with E-state index < -0.39 is 18.0 Å². The van der Waals surface area contributed by atoms with E-state index in [9.17, 15) is 9.59 Å². The number of aliphatic carboxylic acids is 1. The predicted molar refractivity (Wildman–Crippen MR) is 76.9 cm³/mol. The molecule has 2 rings (SSSR count). The van der Waals surface area contributed by atoms with E-state index in [1.54, 1.807) is 30.6 Å². The van der Waals surface area contributed by atoms with Crippen molar-refractivity contribution in [1.29, 1.82) is 0 Å². The van der Waals surface area contributed by atoms with Crippen molar-refractivity contribution in [3.63, 3.8) is 0 Å². The van der Waals surface area contributed by atoms with E-state index in [0.717, 1.165) is 5.01 Å². The van der Waals surface area contributed by atoms with Gasteiger partial charge in [0.1, 0.15) is 5.01 Å². The minimum Gasteiger partial charge on any atom is -0.479 e. The van der Waals surface area contributed by atoms with Crippen molar-refractivity contribution in [2.75, 3.05) is 0 Å². The maximum atomic E-state index is 11.9. The molecule has 8 heteroatoms. The Morgan fingerprint density at radius 2 is 2.10 bits per heavy atom. The molecule has 0 bridgehead atoms. The number of carbonyl (C=O) groups is 2. The van der Waals surface area contributed by atoms with Gasteiger partial charge in [0.2, 0.25) is 0 Å². The van der Waals surface area contributed by atoms with Crippen molar-refractivity contribution in [2.24, 2.45) is 0 Å². The third kappa shape index (κ3) is 3.55. The summed E-state index contributed by atoms with van der Waals surface area (Å²) in [5.41, 5.74) is 0. The number of rotatable bonds is 5. The summed E-state index contributed by atoms with van der Waals surface area (Å²) in [5.74, 6) is -1.09. The van der Waals surface area contributed by atoms with Gasteiger partial charge in [-0.25, -0.2) is 14.6 Å². The molecule has 2 aromatic rings. The molecule has 0 saturated carbocycles. The van der Waals surface area contributed by atoms with Gasteiger partial charge >= 0.3 is 12.0 Å². The number of hydrogen-bond acceptors (Lipinski definition) is 5. The fourth-order valence-corrected chi connectivity index (χ4v) is 3.00. The lowest BCUT2D eigenvalue weighted by atomic mass is 10.2. The molecule has 2 unspecified atom stereocenters. The molecule has 0 saturated heterocycles. The first-order valence-electron chi connectivity index (χ1n) is 5.80. The van der Waals surface area contributed by atoms with Crippen molar-refractivity contribution >= 4 is 34.7 Å². The lowest BCUT2D eigenvalue weighted by Gasteiger charge is -2.16. The van der Waals surface area contributed by atoms with Crippen LogP contribution in [-0.2, 0) is 4.79 Å². The summed E-state index contributed by atoms with van der Waals surface area (Å²) in [5, 5.41) is 18.6. The second-order valence-corrected chi connectivity index (χ2v) is 5.90. The van der Waals surface area contributed by atoms with Crippen LogP contribution < -0.4 is 10.6 Å². The molecular weight excluding hydrogens is 298 g/mol. The molecule has 0 aliphatic rings. The van der Waals surface area contributed by atoms with Crippen LogP contribution in [-0.4, -0.2) is 22.1 Å². The number of carbonyl (C=O) groups excluding carboxylic acids is 1. The molecule has 2 heterocycles. The molecule has 6 nitrogen and oxygen atoms in total. The van der Waals surface area contributed by atoms with Crippen LogP contribution in [0.15, 0.2) is 29.1 Å². The zero-order valence-corrected chi connectivity index (χ0v) is 12.2. The Balaban J connectivity index is 1.97. The molecule has 106 valence electrons. The lowest BCUT2D eigenvalue weighted by molar-refractivity contribution is -0.139. The van der Waals surface area contributed by atoms with Crippen LogP contribution in [0, 0.1) is 0 Å². The molecule has 3 N–H and O–H groups in total. The summed E-state index contributed by atoms with van der Waals surface area (Å²) in [6, 6.07) is 1.57. The maximum absolute atomic E-state index is 11.9. The van der Waals surface area contributed by atoms with Crippen molar-refractivity contribution in [3.05, 3.63) is 39.0 Å². The van der Waals surface area contributed by atoms with Gasteiger partial charge in [0.05, 0.1) is 6.04 Å². The molecule has 0 spiro atoms. The van der Waals surface area contributed by atoms with Gasteiger partial charge in [-0.15, -0.1) is 22.7 Å². The number of carboxylic acid groups (broad SMARTS) is 1. The summed E-state index contributed by atoms with van der Waals surface area (Å²) in [6.07, 6.45) is 1.65. The van der Waals surface area contributed by atoms with Crippen LogP contribution in [0.5, 0.6) is 0 Å². The van der Waals surface area contributed by atoms with Gasteiger partial charge in [-0.2, -0.15) is 0 Å². The molecule has 2 atom stereocenters. The maximum Gasteiger partial charge on any atom is 0.331 e. The summed E-state index contributed by atoms with van der Waals surface area (Å²) < 4.78 is 0. The largest absolute Gasteiger partial charge is 0.479 e. The third-order valence-electron chi connectivity index (χ3n) is 2.52. The quantitative estimate of drug-likeness (QED) is 0.790. The van der Waals surface area contributed by atoms with E-state index in [4.69, 9.17) is 5.11 Å². The molecule has 0 aliphatic carbocycles. The highest BCUT2D eigenvalue weighted by Crippen LogP contribution is 2.19. The lowest BCUT2D eigenvalue weighted by Crippen LogP contribution is -2.41. The van der Waals surface area contributed by atoms with Gasteiger partial charge in [-0.3, -0.25) is 0 Å². The molecule has 20 heavy (non-hydrogen) atoms. The van der Waals surface area contributed by atoms with Gasteiger partial charge in [0.15, 0.2) is 6.04 Å². The van der Waals surface area contributed by atoms with Crippen LogP contribution in [0.3, 0.4) is 0 Å². The van der Waals surface area contributed by atoms with Crippen LogP contribution in [0.2, 0.25) is 0 Å². The van der Waals surface area contributed by atoms with Gasteiger partial charge in [0.25, 0.3) is 0 Å². The smallest absolute Gasteiger partial charge is 0.331 e. The van der Waals surface area contributed by atoms with Crippen molar-refractivity contribution in [1.82, 2.24) is 15.6 Å². The van der Waals surface area contributed by atoms with Gasteiger partial charge in [-0.05, 0) is 18.4 Å². The zero-order valence-electron chi connectivity index (χ0n) is 10.6. The van der Waals surface area contributed by atoms with E-state index in [1.165, 1.54) is 22.7 Å². The van der Waals surface area contributed by atoms with Crippen molar-refractivity contribution in [3.8, 4) is 0 Å². The van der Waals surface area contributed by atoms with Crippen molar-refractivity contribution in [2.45, 2.75) is 19.0 Å². The minimum absolute atomic E-state index is 0.271. The molecule has 0 fully saturated rings. The number of nitrogens with one attached hydrogen (secondary N) is 2. The van der Waals surface area contributed by atoms with E-state index in [0.29, 0.717) is 4.88 Å². The number of thiazole rings is 1. The summed E-state index contributed by atoms with van der Waals surface area (Å²) in [6.45, 7) is 1.79. The van der Waals surface area contributed by atoms with Gasteiger partial charge in [-0.1, -0.05) is 6.07 Å². The van der Waals surface area contributed by atoms with Gasteiger partial charge in [0, 0.05) is 16.5 Å². The summed E-state index contributed by atoms with van der Waals surface area (Å²) >= 11 is 2.71. The van der Waals surface area contributed by atoms with Crippen LogP contribution in [0.25, 0.3) is 0 Å². The highest BCUT2D eigenvalue weighted by molar-refractivity contribution is 7.10. The van der Waals surface area contributed by atoms with E-state index >= 15 is 0 Å². The number of nitrogens with zero attached hydrogens (tertiary/aromatic N) is 1. The number of aromatic nitrogens is 1. The predicted octanol–water partition coefficient (Wildman–Crippen LogP) is 2.39. The van der Waals surface area contributed by atoms with Crippen molar-refractivity contribution < 1.29 is 14.7 Å². The Morgan fingerprint density at radius 3 is 2.65 bits per heavy atom. The fourth-order valence-electron chi connectivity index (χ4n) is 1.59. The summed E-state index contributed by atoms with van der Waals surface area (Å²) in [7, 11) is 0. The molecular formula is C12H13N3O3S2. The number of carboxylic acids is 1. The van der Waals surface area contributed by atoms with Crippen LogP contribution >= 0.6 is 22.7 Å². The molecule has 0 radical (unpaired) electrons. The highest BCUT2D eigenvalue weighted by atomic mass is 32.1. The molecule has 2 amide bonds. The number of urea groups is 1. The average molecular weight is 311 g/mol. The molecule has 0 aliphatic heterocycles. The monoisotopic (exact) mass is 311 g/mol. The Morgan fingerprint density at radius 1 is 1.30 bits per heavy atom. The summed E-state index contributed by atoms with van der Waals surface area (Å²) in [4.78, 5) is 27.7. The fraction of sp³-hybridized carbons (Fsp3) is 0.250. The normalized spacial score (nSPS) is 13.4. The second-order valence-electron chi connectivity index (χ2n) is 4.00. The first kappa shape index (κ1) is 14.5. The number of amides is 2. The van der Waals surface area contributed by atoms with Crippen LogP contribution in [0.1, 0.15) is 28.9 Å². The van der Waals surface area contributed by atoms with E-state index in [-0.39, 0.29) is 6.04 Å².